The molecule has 2 aromatic rings. The highest BCUT2D eigenvalue weighted by molar-refractivity contribution is 14.1. The molecule has 0 unspecified atom stereocenters. The predicted molar refractivity (Wildman–Crippen MR) is 95.0 cm³/mol. The average Bonchev–Trinajstić information content (AvgIpc) is 2.47. The third-order valence-corrected chi connectivity index (χ3v) is 3.83. The number of rotatable bonds is 6. The Hall–Kier alpha value is -1.02. The van der Waals surface area contributed by atoms with Gasteiger partial charge in [-0.05, 0) is 59.5 Å². The molecule has 0 aliphatic heterocycles. The van der Waals surface area contributed by atoms with Crippen molar-refractivity contribution in [3.05, 3.63) is 33.9 Å². The minimum atomic E-state index is 0.763. The van der Waals surface area contributed by atoms with Crippen LogP contribution in [0.15, 0.2) is 35.5 Å². The van der Waals surface area contributed by atoms with E-state index >= 15 is 0 Å². The van der Waals surface area contributed by atoms with Gasteiger partial charge < -0.3 is 10.6 Å². The van der Waals surface area contributed by atoms with Crippen molar-refractivity contribution in [2.24, 2.45) is 0 Å². The molecule has 0 bridgehead atoms. The molecule has 1 aromatic heterocycles. The number of anilines is 3. The lowest BCUT2D eigenvalue weighted by molar-refractivity contribution is 0.929. The Kier molecular flexibility index (Phi) is 5.90. The maximum absolute atomic E-state index is 4.48. The highest BCUT2D eigenvalue weighted by atomic mass is 127. The first kappa shape index (κ1) is 15.4. The summed E-state index contributed by atoms with van der Waals surface area (Å²) in [4.78, 5) is 8.92. The Balaban J connectivity index is 2.19. The second-order valence-electron chi connectivity index (χ2n) is 4.18. The van der Waals surface area contributed by atoms with E-state index in [1.165, 1.54) is 3.57 Å². The third-order valence-electron chi connectivity index (χ3n) is 2.56. The van der Waals surface area contributed by atoms with E-state index in [0.29, 0.717) is 0 Å². The number of nitrogens with zero attached hydrogens (tertiary/aromatic N) is 2. The number of thioether (sulfide) groups is 1. The molecule has 0 aliphatic rings. The monoisotopic (exact) mass is 400 g/mol. The lowest BCUT2D eigenvalue weighted by atomic mass is 10.3. The van der Waals surface area contributed by atoms with Gasteiger partial charge in [0.25, 0.3) is 0 Å². The first-order valence-electron chi connectivity index (χ1n) is 6.41. The number of hydrogen-bond acceptors (Lipinski definition) is 5. The predicted octanol–water partition coefficient (Wildman–Crippen LogP) is 4.37. The molecule has 0 saturated carbocycles. The van der Waals surface area contributed by atoms with E-state index in [2.05, 4.69) is 62.2 Å². The van der Waals surface area contributed by atoms with Gasteiger partial charge in [0.1, 0.15) is 11.6 Å². The van der Waals surface area contributed by atoms with Crippen molar-refractivity contribution in [3.8, 4) is 0 Å². The normalized spacial score (nSPS) is 10.3. The Morgan fingerprint density at radius 3 is 2.50 bits per heavy atom. The zero-order valence-corrected chi connectivity index (χ0v) is 14.5. The molecule has 0 radical (unpaired) electrons. The average molecular weight is 400 g/mol. The summed E-state index contributed by atoms with van der Waals surface area (Å²) in [6.45, 7) is 3.04. The molecule has 0 fully saturated rings. The van der Waals surface area contributed by atoms with Crippen LogP contribution in [-0.2, 0) is 0 Å². The summed E-state index contributed by atoms with van der Waals surface area (Å²) in [7, 11) is 0. The fourth-order valence-corrected chi connectivity index (χ4v) is 2.34. The van der Waals surface area contributed by atoms with Crippen LogP contribution in [-0.4, -0.2) is 22.8 Å². The lowest BCUT2D eigenvalue weighted by Crippen LogP contribution is -2.05. The number of hydrogen-bond donors (Lipinski definition) is 2. The fourth-order valence-electron chi connectivity index (χ4n) is 1.61. The van der Waals surface area contributed by atoms with Gasteiger partial charge in [-0.3, -0.25) is 0 Å². The van der Waals surface area contributed by atoms with Crippen molar-refractivity contribution < 1.29 is 0 Å². The smallest absolute Gasteiger partial charge is 0.191 e. The van der Waals surface area contributed by atoms with Crippen LogP contribution >= 0.6 is 34.4 Å². The van der Waals surface area contributed by atoms with E-state index in [-0.39, 0.29) is 0 Å². The summed E-state index contributed by atoms with van der Waals surface area (Å²) < 4.78 is 1.21. The van der Waals surface area contributed by atoms with Gasteiger partial charge in [0.2, 0.25) is 0 Å². The van der Waals surface area contributed by atoms with Crippen LogP contribution < -0.4 is 10.6 Å². The van der Waals surface area contributed by atoms with Gasteiger partial charge in [-0.2, -0.15) is 0 Å². The Labute approximate surface area is 137 Å². The van der Waals surface area contributed by atoms with E-state index in [1.807, 2.05) is 24.5 Å². The van der Waals surface area contributed by atoms with Crippen molar-refractivity contribution in [1.29, 1.82) is 0 Å². The number of halogens is 1. The van der Waals surface area contributed by atoms with Crippen LogP contribution in [0.1, 0.15) is 13.3 Å². The Morgan fingerprint density at radius 2 is 1.85 bits per heavy atom. The van der Waals surface area contributed by atoms with Gasteiger partial charge in [0.15, 0.2) is 5.16 Å². The molecule has 0 spiro atoms. The van der Waals surface area contributed by atoms with Crippen LogP contribution in [0.4, 0.5) is 17.3 Å². The van der Waals surface area contributed by atoms with E-state index in [1.54, 1.807) is 11.8 Å². The summed E-state index contributed by atoms with van der Waals surface area (Å²) in [5, 5.41) is 7.38. The van der Waals surface area contributed by atoms with Crippen LogP contribution in [0, 0.1) is 3.57 Å². The molecule has 1 aromatic carbocycles. The van der Waals surface area contributed by atoms with E-state index in [4.69, 9.17) is 0 Å². The number of aromatic nitrogens is 2. The van der Waals surface area contributed by atoms with Crippen LogP contribution in [0.25, 0.3) is 0 Å². The van der Waals surface area contributed by atoms with Crippen molar-refractivity contribution in [1.82, 2.24) is 9.97 Å². The fraction of sp³-hybridized carbons (Fsp3) is 0.286. The van der Waals surface area contributed by atoms with Crippen molar-refractivity contribution in [2.45, 2.75) is 18.5 Å². The van der Waals surface area contributed by atoms with Crippen molar-refractivity contribution >= 4 is 51.7 Å². The first-order valence-corrected chi connectivity index (χ1v) is 8.71. The standard InChI is InChI=1S/C14H17IN4S/c1-3-8-16-12-9-13(19-14(18-12)20-2)17-11-6-4-10(15)5-7-11/h4-7,9H,3,8H2,1-2H3,(H2,16,17,18,19). The second kappa shape index (κ2) is 7.68. The molecule has 2 rings (SSSR count). The van der Waals surface area contributed by atoms with Gasteiger partial charge >= 0.3 is 0 Å². The second-order valence-corrected chi connectivity index (χ2v) is 6.20. The minimum Gasteiger partial charge on any atom is -0.370 e. The van der Waals surface area contributed by atoms with E-state index in [0.717, 1.165) is 35.4 Å². The SMILES string of the molecule is CCCNc1cc(Nc2ccc(I)cc2)nc(SC)n1. The Morgan fingerprint density at radius 1 is 1.15 bits per heavy atom. The molecular formula is C14H17IN4S. The minimum absolute atomic E-state index is 0.763. The molecule has 20 heavy (non-hydrogen) atoms. The van der Waals surface area contributed by atoms with Gasteiger partial charge in [0, 0.05) is 21.9 Å². The highest BCUT2D eigenvalue weighted by Gasteiger charge is 2.04. The number of nitrogens with one attached hydrogen (secondary N) is 2. The maximum Gasteiger partial charge on any atom is 0.191 e. The maximum atomic E-state index is 4.48. The van der Waals surface area contributed by atoms with Gasteiger partial charge in [0.05, 0.1) is 0 Å². The molecular weight excluding hydrogens is 383 g/mol. The molecule has 0 atom stereocenters. The summed E-state index contributed by atoms with van der Waals surface area (Å²) in [6, 6.07) is 10.2. The van der Waals surface area contributed by atoms with E-state index < -0.39 is 0 Å². The largest absolute Gasteiger partial charge is 0.370 e. The summed E-state index contributed by atoms with van der Waals surface area (Å²) in [5.41, 5.74) is 1.03. The molecule has 0 saturated heterocycles. The van der Waals surface area contributed by atoms with Crippen molar-refractivity contribution in [3.63, 3.8) is 0 Å². The molecule has 0 aliphatic carbocycles. The van der Waals surface area contributed by atoms with Gasteiger partial charge in [-0.15, -0.1) is 0 Å². The topological polar surface area (TPSA) is 49.8 Å². The molecule has 106 valence electrons. The van der Waals surface area contributed by atoms with Gasteiger partial charge in [-0.25, -0.2) is 9.97 Å². The summed E-state index contributed by atoms with van der Waals surface area (Å²) >= 11 is 3.83. The molecule has 1 heterocycles. The van der Waals surface area contributed by atoms with Crippen LogP contribution in [0.3, 0.4) is 0 Å². The third kappa shape index (κ3) is 4.52. The van der Waals surface area contributed by atoms with E-state index in [9.17, 15) is 0 Å². The molecule has 2 N–H and O–H groups in total. The quantitative estimate of drug-likeness (QED) is 0.429. The lowest BCUT2D eigenvalue weighted by Gasteiger charge is -2.10. The molecule has 4 nitrogen and oxygen atoms in total. The zero-order valence-electron chi connectivity index (χ0n) is 11.5. The summed E-state index contributed by atoms with van der Waals surface area (Å²) in [6.07, 6.45) is 3.05. The molecule has 6 heteroatoms. The Bertz CT molecular complexity index is 560. The molecule has 0 amide bonds. The van der Waals surface area contributed by atoms with Crippen LogP contribution in [0.5, 0.6) is 0 Å². The highest BCUT2D eigenvalue weighted by Crippen LogP contribution is 2.21. The first-order chi connectivity index (χ1) is 9.71. The van der Waals surface area contributed by atoms with Crippen molar-refractivity contribution in [2.75, 3.05) is 23.4 Å². The van der Waals surface area contributed by atoms with Gasteiger partial charge in [-0.1, -0.05) is 18.7 Å². The number of benzene rings is 1. The summed E-state index contributed by atoms with van der Waals surface area (Å²) in [5.74, 6) is 1.67. The van der Waals surface area contributed by atoms with Crippen LogP contribution in [0.2, 0.25) is 0 Å². The zero-order chi connectivity index (χ0) is 14.4.